The number of amides is 2. The van der Waals surface area contributed by atoms with Crippen molar-refractivity contribution in [2.45, 2.75) is 12.1 Å². The Kier molecular flexibility index (Phi) is 3.31. The highest BCUT2D eigenvalue weighted by Gasteiger charge is 2.55. The van der Waals surface area contributed by atoms with Gasteiger partial charge >= 0.3 is 0 Å². The molecule has 4 rings (SSSR count). The SMILES string of the molecule is O=C1[C@@H]2[C@@H](N=NN2c2ccc(F)cc2)C(=O)N1c1cccc(Cl)c1. The van der Waals surface area contributed by atoms with E-state index in [4.69, 9.17) is 11.6 Å². The minimum atomic E-state index is -0.915. The number of benzene rings is 2. The van der Waals surface area contributed by atoms with Gasteiger partial charge in [0.2, 0.25) is 0 Å². The predicted molar refractivity (Wildman–Crippen MR) is 85.3 cm³/mol. The quantitative estimate of drug-likeness (QED) is 0.787. The van der Waals surface area contributed by atoms with E-state index in [-0.39, 0.29) is 0 Å². The number of nitrogens with zero attached hydrogens (tertiary/aromatic N) is 4. The summed E-state index contributed by atoms with van der Waals surface area (Å²) in [4.78, 5) is 26.4. The fourth-order valence-corrected chi connectivity index (χ4v) is 3.02. The maximum absolute atomic E-state index is 13.1. The van der Waals surface area contributed by atoms with Crippen molar-refractivity contribution in [2.24, 2.45) is 10.3 Å². The first-order valence-electron chi connectivity index (χ1n) is 7.15. The van der Waals surface area contributed by atoms with E-state index < -0.39 is 29.7 Å². The van der Waals surface area contributed by atoms with Gasteiger partial charge in [-0.05, 0) is 42.5 Å². The Morgan fingerprint density at radius 2 is 1.75 bits per heavy atom. The summed E-state index contributed by atoms with van der Waals surface area (Å²) in [5.41, 5.74) is 0.878. The Bertz CT molecular complexity index is 871. The van der Waals surface area contributed by atoms with E-state index in [1.807, 2.05) is 0 Å². The molecule has 0 aromatic heterocycles. The van der Waals surface area contributed by atoms with Crippen molar-refractivity contribution in [3.8, 4) is 0 Å². The predicted octanol–water partition coefficient (Wildman–Crippen LogP) is 2.98. The monoisotopic (exact) mass is 344 g/mol. The molecular formula is C16H10ClFN4O2. The second-order valence-corrected chi connectivity index (χ2v) is 5.84. The van der Waals surface area contributed by atoms with Gasteiger partial charge in [-0.3, -0.25) is 9.59 Å². The van der Waals surface area contributed by atoms with Crippen LogP contribution in [0.15, 0.2) is 58.9 Å². The number of rotatable bonds is 2. The summed E-state index contributed by atoms with van der Waals surface area (Å²) in [5.74, 6) is -1.30. The molecule has 2 aliphatic heterocycles. The van der Waals surface area contributed by atoms with Gasteiger partial charge in [0.15, 0.2) is 12.1 Å². The van der Waals surface area contributed by atoms with Gasteiger partial charge in [-0.1, -0.05) is 22.9 Å². The minimum absolute atomic E-state index is 0.390. The van der Waals surface area contributed by atoms with E-state index in [1.54, 1.807) is 18.2 Å². The van der Waals surface area contributed by atoms with Crippen LogP contribution in [0.4, 0.5) is 15.8 Å². The van der Waals surface area contributed by atoms with E-state index in [9.17, 15) is 14.0 Å². The maximum Gasteiger partial charge on any atom is 0.263 e. The van der Waals surface area contributed by atoms with Crippen LogP contribution in [0.25, 0.3) is 0 Å². The first-order chi connectivity index (χ1) is 11.6. The van der Waals surface area contributed by atoms with Crippen molar-refractivity contribution < 1.29 is 14.0 Å². The number of carbonyl (C=O) groups excluding carboxylic acids is 2. The molecule has 0 radical (unpaired) electrons. The number of hydrogen-bond donors (Lipinski definition) is 0. The van der Waals surface area contributed by atoms with Crippen molar-refractivity contribution in [2.75, 3.05) is 9.91 Å². The molecule has 8 heteroatoms. The number of hydrogen-bond acceptors (Lipinski definition) is 5. The molecule has 0 unspecified atom stereocenters. The normalized spacial score (nSPS) is 22.4. The van der Waals surface area contributed by atoms with Crippen LogP contribution in [0.1, 0.15) is 0 Å². The lowest BCUT2D eigenvalue weighted by atomic mass is 10.1. The average Bonchev–Trinajstić information content (AvgIpc) is 3.09. The third kappa shape index (κ3) is 2.16. The van der Waals surface area contributed by atoms with Crippen LogP contribution in [-0.2, 0) is 9.59 Å². The molecule has 2 heterocycles. The molecule has 6 nitrogen and oxygen atoms in total. The Morgan fingerprint density at radius 3 is 2.46 bits per heavy atom. The number of halogens is 2. The minimum Gasteiger partial charge on any atom is -0.271 e. The topological polar surface area (TPSA) is 65.3 Å². The van der Waals surface area contributed by atoms with Crippen LogP contribution in [0.5, 0.6) is 0 Å². The molecule has 0 spiro atoms. The molecular weight excluding hydrogens is 335 g/mol. The third-order valence-corrected chi connectivity index (χ3v) is 4.17. The summed E-state index contributed by atoms with van der Waals surface area (Å²) in [5, 5.41) is 9.59. The lowest BCUT2D eigenvalue weighted by Crippen LogP contribution is -2.39. The summed E-state index contributed by atoms with van der Waals surface area (Å²) < 4.78 is 13.1. The van der Waals surface area contributed by atoms with Gasteiger partial charge in [0.25, 0.3) is 11.8 Å². The lowest BCUT2D eigenvalue weighted by molar-refractivity contribution is -0.121. The van der Waals surface area contributed by atoms with Crippen molar-refractivity contribution in [3.05, 3.63) is 59.4 Å². The summed E-state index contributed by atoms with van der Waals surface area (Å²) >= 11 is 5.94. The first-order valence-corrected chi connectivity index (χ1v) is 7.53. The van der Waals surface area contributed by atoms with Crippen molar-refractivity contribution in [1.82, 2.24) is 0 Å². The zero-order valence-corrected chi connectivity index (χ0v) is 12.9. The van der Waals surface area contributed by atoms with Crippen LogP contribution in [0, 0.1) is 5.82 Å². The Morgan fingerprint density at radius 1 is 1.00 bits per heavy atom. The second kappa shape index (κ2) is 5.38. The van der Waals surface area contributed by atoms with Gasteiger partial charge in [0.05, 0.1) is 11.4 Å². The highest BCUT2D eigenvalue weighted by molar-refractivity contribution is 6.31. The molecule has 1 saturated heterocycles. The third-order valence-electron chi connectivity index (χ3n) is 3.94. The van der Waals surface area contributed by atoms with Crippen LogP contribution in [0.3, 0.4) is 0 Å². The number of fused-ring (bicyclic) bond motifs is 1. The van der Waals surface area contributed by atoms with Crippen LogP contribution >= 0.6 is 11.6 Å². The van der Waals surface area contributed by atoms with Crippen molar-refractivity contribution in [3.63, 3.8) is 0 Å². The largest absolute Gasteiger partial charge is 0.271 e. The fraction of sp³-hybridized carbons (Fsp3) is 0.125. The van der Waals surface area contributed by atoms with Gasteiger partial charge in [0, 0.05) is 5.02 Å². The molecule has 0 saturated carbocycles. The standard InChI is InChI=1S/C16H10ClFN4O2/c17-9-2-1-3-12(8-9)21-15(23)13-14(16(21)24)22(20-19-13)11-6-4-10(18)5-7-11/h1-8,13-14H/t13-,14+/m1/s1. The Balaban J connectivity index is 1.70. The Labute approximate surface area is 141 Å². The molecule has 1 fully saturated rings. The number of anilines is 2. The van der Waals surface area contributed by atoms with Crippen LogP contribution in [0.2, 0.25) is 5.02 Å². The molecule has 0 aliphatic carbocycles. The van der Waals surface area contributed by atoms with E-state index in [2.05, 4.69) is 10.3 Å². The smallest absolute Gasteiger partial charge is 0.263 e. The molecule has 120 valence electrons. The highest BCUT2D eigenvalue weighted by Crippen LogP contribution is 2.35. The van der Waals surface area contributed by atoms with E-state index in [0.29, 0.717) is 16.4 Å². The van der Waals surface area contributed by atoms with Crippen molar-refractivity contribution in [1.29, 1.82) is 0 Å². The van der Waals surface area contributed by atoms with E-state index in [1.165, 1.54) is 35.3 Å². The number of carbonyl (C=O) groups is 2. The Hall–Kier alpha value is -2.80. The highest BCUT2D eigenvalue weighted by atomic mass is 35.5. The van der Waals surface area contributed by atoms with Gasteiger partial charge in [-0.15, -0.1) is 0 Å². The van der Waals surface area contributed by atoms with Gasteiger partial charge < -0.3 is 0 Å². The van der Waals surface area contributed by atoms with Gasteiger partial charge in [-0.25, -0.2) is 14.3 Å². The van der Waals surface area contributed by atoms with Crippen molar-refractivity contribution >= 4 is 34.8 Å². The summed E-state index contributed by atoms with van der Waals surface area (Å²) in [6, 6.07) is 10.2. The van der Waals surface area contributed by atoms with Gasteiger partial charge in [0.1, 0.15) is 5.82 Å². The molecule has 2 aromatic carbocycles. The van der Waals surface area contributed by atoms with Crippen LogP contribution < -0.4 is 9.91 Å². The van der Waals surface area contributed by atoms with Gasteiger partial charge in [-0.2, -0.15) is 5.11 Å². The van der Waals surface area contributed by atoms with E-state index >= 15 is 0 Å². The number of imide groups is 1. The molecule has 2 atom stereocenters. The lowest BCUT2D eigenvalue weighted by Gasteiger charge is -2.20. The van der Waals surface area contributed by atoms with E-state index in [0.717, 1.165) is 4.90 Å². The zero-order valence-electron chi connectivity index (χ0n) is 12.1. The molecule has 24 heavy (non-hydrogen) atoms. The molecule has 0 N–H and O–H groups in total. The van der Waals surface area contributed by atoms with Crippen LogP contribution in [-0.4, -0.2) is 23.9 Å². The molecule has 0 bridgehead atoms. The fourth-order valence-electron chi connectivity index (χ4n) is 2.84. The second-order valence-electron chi connectivity index (χ2n) is 5.41. The summed E-state index contributed by atoms with van der Waals surface area (Å²) in [6.07, 6.45) is 0. The molecule has 2 aliphatic rings. The first kappa shape index (κ1) is 14.8. The average molecular weight is 345 g/mol. The summed E-state index contributed by atoms with van der Waals surface area (Å²) in [7, 11) is 0. The maximum atomic E-state index is 13.1. The zero-order chi connectivity index (χ0) is 16.8. The summed E-state index contributed by atoms with van der Waals surface area (Å²) in [6.45, 7) is 0. The molecule has 2 amide bonds. The molecule has 2 aromatic rings.